The second kappa shape index (κ2) is 5.36. The SMILES string of the molecule is [15NH]=C([15NH2])[15NH]CCC[C@H]([15NH2])C(=O)O. The van der Waals surface area contributed by atoms with E-state index < -0.39 is 12.0 Å². The van der Waals surface area contributed by atoms with Crippen molar-refractivity contribution in [3.8, 4) is 0 Å². The zero-order valence-electron chi connectivity index (χ0n) is 6.71. The number of carbonyl (C=O) groups is 1. The summed E-state index contributed by atoms with van der Waals surface area (Å²) in [5, 5.41) is 17.7. The van der Waals surface area contributed by atoms with Gasteiger partial charge in [-0.3, -0.25) is 10.2 Å². The van der Waals surface area contributed by atoms with E-state index in [-0.39, 0.29) is 5.96 Å². The lowest BCUT2D eigenvalue weighted by Crippen LogP contribution is -2.34. The number of carboxylic acid groups (broad SMARTS) is 1. The maximum absolute atomic E-state index is 10.2. The first-order chi connectivity index (χ1) is 5.54. The lowest BCUT2D eigenvalue weighted by Gasteiger charge is -2.06. The third-order valence-electron chi connectivity index (χ3n) is 1.32. The molecular formula is C6H14N4O2. The summed E-state index contributed by atoms with van der Waals surface area (Å²) in [5.74, 6) is -1.11. The molecule has 0 amide bonds. The van der Waals surface area contributed by atoms with Gasteiger partial charge < -0.3 is 21.9 Å². The predicted molar refractivity (Wildman–Crippen MR) is 44.8 cm³/mol. The van der Waals surface area contributed by atoms with Crippen LogP contribution in [0.3, 0.4) is 0 Å². The minimum absolute atomic E-state index is 0.112. The van der Waals surface area contributed by atoms with E-state index in [4.69, 9.17) is 22.0 Å². The van der Waals surface area contributed by atoms with Crippen molar-refractivity contribution in [2.75, 3.05) is 6.54 Å². The van der Waals surface area contributed by atoms with Crippen molar-refractivity contribution in [3.05, 3.63) is 0 Å². The van der Waals surface area contributed by atoms with Gasteiger partial charge in [0.2, 0.25) is 0 Å². The van der Waals surface area contributed by atoms with E-state index in [2.05, 4.69) is 5.32 Å². The van der Waals surface area contributed by atoms with Crippen LogP contribution in [-0.2, 0) is 4.79 Å². The summed E-state index contributed by atoms with van der Waals surface area (Å²) in [6, 6.07) is -0.821. The molecule has 0 aliphatic carbocycles. The molecule has 0 heterocycles. The number of rotatable bonds is 5. The predicted octanol–water partition coefficient (Wildman–Crippen LogP) is -1.34. The van der Waals surface area contributed by atoms with E-state index in [1.807, 2.05) is 0 Å². The Labute approximate surface area is 70.4 Å². The molecule has 1 atom stereocenters. The Morgan fingerprint density at radius 1 is 1.67 bits per heavy atom. The van der Waals surface area contributed by atoms with Crippen molar-refractivity contribution in [2.24, 2.45) is 11.5 Å². The molecule has 12 heavy (non-hydrogen) atoms. The minimum atomic E-state index is -1.00. The highest BCUT2D eigenvalue weighted by Crippen LogP contribution is 1.92. The van der Waals surface area contributed by atoms with Gasteiger partial charge in [-0.05, 0) is 12.8 Å². The van der Waals surface area contributed by atoms with Gasteiger partial charge in [0.25, 0.3) is 0 Å². The zero-order chi connectivity index (χ0) is 9.56. The molecule has 0 radical (unpaired) electrons. The molecule has 0 saturated carbocycles. The fourth-order valence-corrected chi connectivity index (χ4v) is 0.669. The second-order valence-corrected chi connectivity index (χ2v) is 2.43. The van der Waals surface area contributed by atoms with Crippen molar-refractivity contribution in [2.45, 2.75) is 18.9 Å². The summed E-state index contributed by atoms with van der Waals surface area (Å²) in [7, 11) is 0. The van der Waals surface area contributed by atoms with Crippen molar-refractivity contribution >= 4 is 11.9 Å². The highest BCUT2D eigenvalue weighted by Gasteiger charge is 2.09. The van der Waals surface area contributed by atoms with Gasteiger partial charge in [0.15, 0.2) is 5.96 Å². The number of nitrogens with one attached hydrogen (secondary N) is 2. The Bertz CT molecular complexity index is 171. The summed E-state index contributed by atoms with van der Waals surface area (Å²) < 4.78 is 0. The molecule has 0 spiro atoms. The first-order valence-corrected chi connectivity index (χ1v) is 3.60. The van der Waals surface area contributed by atoms with Gasteiger partial charge in [-0.2, -0.15) is 0 Å². The highest BCUT2D eigenvalue weighted by molar-refractivity contribution is 5.74. The Morgan fingerprint density at radius 2 is 2.25 bits per heavy atom. The summed E-state index contributed by atoms with van der Waals surface area (Å²) in [5.41, 5.74) is 10.2. The minimum Gasteiger partial charge on any atom is -0.480 e. The Hall–Kier alpha value is -1.30. The van der Waals surface area contributed by atoms with Crippen molar-refractivity contribution in [3.63, 3.8) is 0 Å². The van der Waals surface area contributed by atoms with E-state index >= 15 is 0 Å². The highest BCUT2D eigenvalue weighted by atomic mass is 16.4. The van der Waals surface area contributed by atoms with Gasteiger partial charge in [0, 0.05) is 6.54 Å². The van der Waals surface area contributed by atoms with Gasteiger partial charge in [-0.25, -0.2) is 0 Å². The van der Waals surface area contributed by atoms with Gasteiger partial charge in [-0.15, -0.1) is 0 Å². The van der Waals surface area contributed by atoms with Crippen LogP contribution in [0.25, 0.3) is 0 Å². The number of carboxylic acids is 1. The second-order valence-electron chi connectivity index (χ2n) is 2.43. The van der Waals surface area contributed by atoms with E-state index in [1.54, 1.807) is 0 Å². The van der Waals surface area contributed by atoms with Crippen LogP contribution in [-0.4, -0.2) is 29.6 Å². The average molecular weight is 178 g/mol. The van der Waals surface area contributed by atoms with E-state index in [1.165, 1.54) is 0 Å². The standard InChI is InChI=1S/C6H14N4O2/c7-4(5(11)12)2-1-3-10-6(8)9/h4H,1-3,7H2,(H,11,12)(H4,8,9,10)/t4-/m0/s1/i7+1,8+1,9+1,10+1. The summed E-state index contributed by atoms with van der Waals surface area (Å²) >= 11 is 0. The normalized spacial score (nSPS) is 12.1. The van der Waals surface area contributed by atoms with Crippen molar-refractivity contribution in [1.29, 1.82) is 5.41 Å². The summed E-state index contributed by atoms with van der Waals surface area (Å²) in [6.45, 7) is 0.482. The smallest absolute Gasteiger partial charge is 0.320 e. The van der Waals surface area contributed by atoms with Gasteiger partial charge in [0.1, 0.15) is 6.04 Å². The van der Waals surface area contributed by atoms with Crippen LogP contribution in [0.2, 0.25) is 0 Å². The molecule has 6 nitrogen and oxygen atoms in total. The molecule has 0 aliphatic heterocycles. The molecular weight excluding hydrogens is 164 g/mol. The van der Waals surface area contributed by atoms with Crippen LogP contribution in [0, 0.1) is 5.41 Å². The van der Waals surface area contributed by atoms with Crippen LogP contribution in [0.15, 0.2) is 0 Å². The maximum Gasteiger partial charge on any atom is 0.320 e. The van der Waals surface area contributed by atoms with Crippen LogP contribution in [0.1, 0.15) is 12.8 Å². The number of nitrogens with two attached hydrogens (primary N) is 2. The third-order valence-corrected chi connectivity index (χ3v) is 1.32. The van der Waals surface area contributed by atoms with E-state index in [0.29, 0.717) is 19.4 Å². The summed E-state index contributed by atoms with van der Waals surface area (Å²) in [4.78, 5) is 10.2. The van der Waals surface area contributed by atoms with E-state index in [0.717, 1.165) is 0 Å². The molecule has 0 rings (SSSR count). The Morgan fingerprint density at radius 3 is 2.67 bits per heavy atom. The number of hydrogen-bond acceptors (Lipinski definition) is 3. The lowest BCUT2D eigenvalue weighted by atomic mass is 10.2. The molecule has 0 unspecified atom stereocenters. The van der Waals surface area contributed by atoms with Crippen molar-refractivity contribution < 1.29 is 9.90 Å². The van der Waals surface area contributed by atoms with Crippen LogP contribution in [0.4, 0.5) is 0 Å². The number of aliphatic carboxylic acids is 1. The lowest BCUT2D eigenvalue weighted by molar-refractivity contribution is -0.138. The molecule has 6 heteroatoms. The molecule has 70 valence electrons. The maximum atomic E-state index is 10.2. The Balaban J connectivity index is 3.31. The van der Waals surface area contributed by atoms with Crippen LogP contribution < -0.4 is 16.8 Å². The number of hydrogen-bond donors (Lipinski definition) is 5. The fourth-order valence-electron chi connectivity index (χ4n) is 0.669. The number of guanidine groups is 1. The molecule has 0 aromatic rings. The largest absolute Gasteiger partial charge is 0.480 e. The first-order valence-electron chi connectivity index (χ1n) is 3.60. The molecule has 7 N–H and O–H groups in total. The quantitative estimate of drug-likeness (QED) is 0.154. The molecule has 0 aliphatic rings. The van der Waals surface area contributed by atoms with Crippen LogP contribution in [0.5, 0.6) is 0 Å². The fraction of sp³-hybridized carbons (Fsp3) is 0.667. The molecule has 0 fully saturated rings. The zero-order valence-corrected chi connectivity index (χ0v) is 6.71. The first kappa shape index (κ1) is 10.7. The monoisotopic (exact) mass is 178 g/mol. The molecule has 0 aromatic carbocycles. The van der Waals surface area contributed by atoms with Gasteiger partial charge >= 0.3 is 5.97 Å². The molecule has 0 aromatic heterocycles. The van der Waals surface area contributed by atoms with Gasteiger partial charge in [-0.1, -0.05) is 0 Å². The molecule has 0 bridgehead atoms. The van der Waals surface area contributed by atoms with Crippen LogP contribution >= 0.6 is 0 Å². The third kappa shape index (κ3) is 5.48. The topological polar surface area (TPSA) is 125 Å². The Kier molecular flexibility index (Phi) is 4.78. The van der Waals surface area contributed by atoms with Gasteiger partial charge in [0.05, 0.1) is 0 Å². The van der Waals surface area contributed by atoms with E-state index in [9.17, 15) is 4.79 Å². The molecule has 0 saturated heterocycles. The van der Waals surface area contributed by atoms with Crippen molar-refractivity contribution in [1.82, 2.24) is 5.32 Å². The summed E-state index contributed by atoms with van der Waals surface area (Å²) in [6.07, 6.45) is 0.975. The average Bonchev–Trinajstić information content (AvgIpc) is 1.97.